The Bertz CT molecular complexity index is 411. The summed E-state index contributed by atoms with van der Waals surface area (Å²) in [6.45, 7) is 7.39. The van der Waals surface area contributed by atoms with E-state index in [1.165, 1.54) is 6.07 Å². The van der Waals surface area contributed by atoms with E-state index in [9.17, 15) is 4.39 Å². The molecule has 1 N–H and O–H groups in total. The van der Waals surface area contributed by atoms with Gasteiger partial charge in [-0.15, -0.1) is 0 Å². The number of hydrogen-bond acceptors (Lipinski definition) is 2. The van der Waals surface area contributed by atoms with E-state index in [2.05, 4.69) is 40.0 Å². The number of piperazine rings is 1. The highest BCUT2D eigenvalue weighted by Crippen LogP contribution is 2.22. The Morgan fingerprint density at radius 3 is 2.94 bits per heavy atom. The summed E-state index contributed by atoms with van der Waals surface area (Å²) in [5.74, 6) is -0.189. The summed E-state index contributed by atoms with van der Waals surface area (Å²) in [5.41, 5.74) is 1.16. The van der Waals surface area contributed by atoms with Crippen LogP contribution in [0.25, 0.3) is 0 Å². The van der Waals surface area contributed by atoms with Crippen molar-refractivity contribution in [1.29, 1.82) is 0 Å². The second-order valence-electron chi connectivity index (χ2n) is 5.04. The van der Waals surface area contributed by atoms with E-state index in [4.69, 9.17) is 0 Å². The Labute approximate surface area is 117 Å². The molecule has 0 aromatic heterocycles. The van der Waals surface area contributed by atoms with E-state index in [1.54, 1.807) is 6.07 Å². The Kier molecular flexibility index (Phi) is 4.76. The van der Waals surface area contributed by atoms with Gasteiger partial charge in [-0.3, -0.25) is 4.90 Å². The molecule has 0 radical (unpaired) electrons. The van der Waals surface area contributed by atoms with Crippen molar-refractivity contribution in [3.8, 4) is 0 Å². The fourth-order valence-corrected chi connectivity index (χ4v) is 2.97. The van der Waals surface area contributed by atoms with E-state index >= 15 is 0 Å². The van der Waals surface area contributed by atoms with Crippen LogP contribution in [0.2, 0.25) is 0 Å². The quantitative estimate of drug-likeness (QED) is 0.922. The van der Waals surface area contributed by atoms with Gasteiger partial charge in [-0.1, -0.05) is 28.9 Å². The first-order valence-electron chi connectivity index (χ1n) is 6.51. The van der Waals surface area contributed by atoms with Crippen LogP contribution in [0.3, 0.4) is 0 Å². The molecule has 1 fully saturated rings. The van der Waals surface area contributed by atoms with Crippen LogP contribution in [0.5, 0.6) is 0 Å². The van der Waals surface area contributed by atoms with Crippen LogP contribution in [0.15, 0.2) is 22.7 Å². The molecule has 2 unspecified atom stereocenters. The zero-order valence-electron chi connectivity index (χ0n) is 10.9. The van der Waals surface area contributed by atoms with Gasteiger partial charge in [-0.2, -0.15) is 0 Å². The minimum absolute atomic E-state index is 0.189. The van der Waals surface area contributed by atoms with Gasteiger partial charge in [0.15, 0.2) is 0 Å². The molecule has 2 rings (SSSR count). The number of nitrogens with one attached hydrogen (secondary N) is 1. The van der Waals surface area contributed by atoms with Gasteiger partial charge in [0.2, 0.25) is 0 Å². The molecule has 0 spiro atoms. The van der Waals surface area contributed by atoms with Crippen molar-refractivity contribution in [3.63, 3.8) is 0 Å². The summed E-state index contributed by atoms with van der Waals surface area (Å²) in [5, 5.41) is 3.51. The van der Waals surface area contributed by atoms with E-state index in [0.29, 0.717) is 12.1 Å². The number of halogens is 2. The smallest absolute Gasteiger partial charge is 0.124 e. The van der Waals surface area contributed by atoms with Gasteiger partial charge >= 0.3 is 0 Å². The molecule has 1 aliphatic heterocycles. The first-order valence-corrected chi connectivity index (χ1v) is 7.30. The van der Waals surface area contributed by atoms with E-state index in [1.807, 2.05) is 6.07 Å². The first kappa shape index (κ1) is 14.0. The summed E-state index contributed by atoms with van der Waals surface area (Å²) < 4.78 is 13.9. The number of hydrogen-bond donors (Lipinski definition) is 1. The third-order valence-corrected chi connectivity index (χ3v) is 4.32. The van der Waals surface area contributed by atoms with Crippen LogP contribution in [0.1, 0.15) is 25.8 Å². The van der Waals surface area contributed by atoms with Crippen molar-refractivity contribution in [2.45, 2.75) is 38.9 Å². The first-order chi connectivity index (χ1) is 8.60. The Morgan fingerprint density at radius 2 is 2.28 bits per heavy atom. The molecule has 100 valence electrons. The van der Waals surface area contributed by atoms with Crippen molar-refractivity contribution >= 4 is 15.9 Å². The second-order valence-corrected chi connectivity index (χ2v) is 5.89. The van der Waals surface area contributed by atoms with Crippen molar-refractivity contribution in [2.75, 3.05) is 13.1 Å². The summed E-state index contributed by atoms with van der Waals surface area (Å²) in [7, 11) is 0. The minimum Gasteiger partial charge on any atom is -0.311 e. The number of rotatable bonds is 3. The van der Waals surface area contributed by atoms with Crippen LogP contribution in [-0.4, -0.2) is 30.1 Å². The molecular formula is C14H20BrFN2. The summed E-state index contributed by atoms with van der Waals surface area (Å²) in [6, 6.07) is 6.04. The largest absolute Gasteiger partial charge is 0.311 e. The van der Waals surface area contributed by atoms with Gasteiger partial charge in [0.1, 0.15) is 5.82 Å². The highest BCUT2D eigenvalue weighted by atomic mass is 79.9. The predicted octanol–water partition coefficient (Wildman–Crippen LogP) is 3.16. The lowest BCUT2D eigenvalue weighted by Gasteiger charge is -2.39. The molecule has 1 aliphatic rings. The predicted molar refractivity (Wildman–Crippen MR) is 76.1 cm³/mol. The molecule has 0 amide bonds. The molecule has 0 bridgehead atoms. The minimum atomic E-state index is -0.189. The van der Waals surface area contributed by atoms with Crippen molar-refractivity contribution in [1.82, 2.24) is 10.2 Å². The van der Waals surface area contributed by atoms with Gasteiger partial charge in [0.05, 0.1) is 0 Å². The van der Waals surface area contributed by atoms with Crippen molar-refractivity contribution in [3.05, 3.63) is 34.1 Å². The van der Waals surface area contributed by atoms with E-state index in [0.717, 1.165) is 36.1 Å². The molecule has 4 heteroatoms. The SMILES string of the molecule is CCC1CNC(C)CN1Cc1ccc(F)cc1Br. The lowest BCUT2D eigenvalue weighted by molar-refractivity contribution is 0.124. The maximum absolute atomic E-state index is 13.1. The summed E-state index contributed by atoms with van der Waals surface area (Å²) >= 11 is 3.45. The van der Waals surface area contributed by atoms with Gasteiger partial charge < -0.3 is 5.32 Å². The molecule has 1 heterocycles. The molecule has 2 atom stereocenters. The van der Waals surface area contributed by atoms with Gasteiger partial charge in [-0.25, -0.2) is 4.39 Å². The third-order valence-electron chi connectivity index (χ3n) is 3.59. The van der Waals surface area contributed by atoms with Crippen LogP contribution in [-0.2, 0) is 6.54 Å². The molecular weight excluding hydrogens is 295 g/mol. The standard InChI is InChI=1S/C14H20BrFN2/c1-3-13-7-17-10(2)8-18(13)9-11-4-5-12(16)6-14(11)15/h4-6,10,13,17H,3,7-9H2,1-2H3. The average Bonchev–Trinajstić information content (AvgIpc) is 2.33. The van der Waals surface area contributed by atoms with Crippen LogP contribution in [0.4, 0.5) is 4.39 Å². The highest BCUT2D eigenvalue weighted by molar-refractivity contribution is 9.10. The summed E-state index contributed by atoms with van der Waals surface area (Å²) in [6.07, 6.45) is 1.14. The van der Waals surface area contributed by atoms with Crippen molar-refractivity contribution < 1.29 is 4.39 Å². The second kappa shape index (κ2) is 6.13. The molecule has 0 saturated carbocycles. The molecule has 18 heavy (non-hydrogen) atoms. The van der Waals surface area contributed by atoms with Crippen LogP contribution in [0, 0.1) is 5.82 Å². The Hall–Kier alpha value is -0.450. The highest BCUT2D eigenvalue weighted by Gasteiger charge is 2.24. The van der Waals surface area contributed by atoms with Crippen LogP contribution < -0.4 is 5.32 Å². The van der Waals surface area contributed by atoms with Crippen LogP contribution >= 0.6 is 15.9 Å². The summed E-state index contributed by atoms with van der Waals surface area (Å²) in [4.78, 5) is 2.49. The van der Waals surface area contributed by atoms with Gasteiger partial charge in [-0.05, 0) is 31.0 Å². The lowest BCUT2D eigenvalue weighted by atomic mass is 10.1. The topological polar surface area (TPSA) is 15.3 Å². The number of benzene rings is 1. The maximum Gasteiger partial charge on any atom is 0.124 e. The molecule has 1 aromatic carbocycles. The Morgan fingerprint density at radius 1 is 1.50 bits per heavy atom. The number of nitrogens with zero attached hydrogens (tertiary/aromatic N) is 1. The van der Waals surface area contributed by atoms with Gasteiger partial charge in [0, 0.05) is 36.2 Å². The normalized spacial score (nSPS) is 25.3. The molecule has 0 aliphatic carbocycles. The fourth-order valence-electron chi connectivity index (χ4n) is 2.50. The molecule has 1 saturated heterocycles. The molecule has 1 aromatic rings. The van der Waals surface area contributed by atoms with Crippen molar-refractivity contribution in [2.24, 2.45) is 0 Å². The third kappa shape index (κ3) is 3.31. The zero-order chi connectivity index (χ0) is 13.1. The zero-order valence-corrected chi connectivity index (χ0v) is 12.5. The van der Waals surface area contributed by atoms with E-state index in [-0.39, 0.29) is 5.82 Å². The average molecular weight is 315 g/mol. The maximum atomic E-state index is 13.1. The van der Waals surface area contributed by atoms with E-state index < -0.39 is 0 Å². The fraction of sp³-hybridized carbons (Fsp3) is 0.571. The monoisotopic (exact) mass is 314 g/mol. The molecule has 2 nitrogen and oxygen atoms in total. The Balaban J connectivity index is 2.10. The lowest BCUT2D eigenvalue weighted by Crippen LogP contribution is -2.54. The van der Waals surface area contributed by atoms with Gasteiger partial charge in [0.25, 0.3) is 0 Å².